The second kappa shape index (κ2) is 6.62. The van der Waals surface area contributed by atoms with Crippen LogP contribution in [0.3, 0.4) is 0 Å². The Balaban J connectivity index is 2.50. The molecular formula is C12H18O2S. The molecule has 1 atom stereocenters. The molecule has 0 fully saturated rings. The molecule has 0 spiro atoms. The zero-order valence-corrected chi connectivity index (χ0v) is 10.2. The maximum absolute atomic E-state index is 11.8. The fraction of sp³-hybridized carbons (Fsp3) is 0.500. The van der Waals surface area contributed by atoms with Crippen molar-refractivity contribution >= 4 is 10.8 Å². The monoisotopic (exact) mass is 226 g/mol. The molecule has 0 radical (unpaired) electrons. The lowest BCUT2D eigenvalue weighted by Crippen LogP contribution is -1.98. The second-order valence-corrected chi connectivity index (χ2v) is 5.00. The fourth-order valence-corrected chi connectivity index (χ4v) is 2.47. The van der Waals surface area contributed by atoms with Crippen molar-refractivity contribution in [3.8, 4) is 5.75 Å². The van der Waals surface area contributed by atoms with Gasteiger partial charge in [0, 0.05) is 10.6 Å². The Morgan fingerprint density at radius 3 is 2.40 bits per heavy atom. The van der Waals surface area contributed by atoms with E-state index >= 15 is 0 Å². The van der Waals surface area contributed by atoms with Crippen molar-refractivity contribution < 1.29 is 8.95 Å². The van der Waals surface area contributed by atoms with Crippen molar-refractivity contribution in [2.45, 2.75) is 31.1 Å². The lowest BCUT2D eigenvalue weighted by Gasteiger charge is -2.03. The molecule has 3 heteroatoms. The van der Waals surface area contributed by atoms with Gasteiger partial charge in [0.2, 0.25) is 0 Å². The van der Waals surface area contributed by atoms with E-state index in [4.69, 9.17) is 4.74 Å². The third kappa shape index (κ3) is 4.04. The number of benzene rings is 1. The molecule has 0 aliphatic rings. The number of hydrogen-bond acceptors (Lipinski definition) is 2. The largest absolute Gasteiger partial charge is 0.497 e. The van der Waals surface area contributed by atoms with Crippen molar-refractivity contribution in [2.24, 2.45) is 0 Å². The lowest BCUT2D eigenvalue weighted by atomic mass is 10.3. The maximum Gasteiger partial charge on any atom is 0.118 e. The van der Waals surface area contributed by atoms with Gasteiger partial charge in [0.25, 0.3) is 0 Å². The molecule has 0 aromatic heterocycles. The van der Waals surface area contributed by atoms with Crippen LogP contribution < -0.4 is 4.74 Å². The summed E-state index contributed by atoms with van der Waals surface area (Å²) in [4.78, 5) is 0.895. The molecule has 0 amide bonds. The summed E-state index contributed by atoms with van der Waals surface area (Å²) < 4.78 is 16.8. The zero-order chi connectivity index (χ0) is 11.1. The van der Waals surface area contributed by atoms with Gasteiger partial charge in [0.05, 0.1) is 17.9 Å². The number of ether oxygens (including phenoxy) is 1. The Morgan fingerprint density at radius 2 is 1.87 bits per heavy atom. The normalized spacial score (nSPS) is 12.4. The van der Waals surface area contributed by atoms with Crippen molar-refractivity contribution in [3.63, 3.8) is 0 Å². The van der Waals surface area contributed by atoms with Gasteiger partial charge >= 0.3 is 0 Å². The Kier molecular flexibility index (Phi) is 5.40. The van der Waals surface area contributed by atoms with E-state index in [0.717, 1.165) is 29.2 Å². The van der Waals surface area contributed by atoms with Crippen LogP contribution in [0.15, 0.2) is 29.2 Å². The molecule has 1 aromatic rings. The van der Waals surface area contributed by atoms with Crippen molar-refractivity contribution in [3.05, 3.63) is 24.3 Å². The maximum atomic E-state index is 11.8. The Labute approximate surface area is 94.1 Å². The Morgan fingerprint density at radius 1 is 1.20 bits per heavy atom. The summed E-state index contributed by atoms with van der Waals surface area (Å²) in [6, 6.07) is 7.46. The average molecular weight is 226 g/mol. The van der Waals surface area contributed by atoms with E-state index in [9.17, 15) is 4.21 Å². The highest BCUT2D eigenvalue weighted by molar-refractivity contribution is 7.85. The summed E-state index contributed by atoms with van der Waals surface area (Å²) >= 11 is 0. The molecular weight excluding hydrogens is 208 g/mol. The first kappa shape index (κ1) is 12.2. The first-order chi connectivity index (χ1) is 7.27. The van der Waals surface area contributed by atoms with Gasteiger partial charge in [0.15, 0.2) is 0 Å². The van der Waals surface area contributed by atoms with Crippen LogP contribution in [0, 0.1) is 0 Å². The molecule has 1 rings (SSSR count). The van der Waals surface area contributed by atoms with Crippen molar-refractivity contribution in [2.75, 3.05) is 12.9 Å². The first-order valence-corrected chi connectivity index (χ1v) is 6.62. The highest BCUT2D eigenvalue weighted by Gasteiger charge is 2.03. The predicted octanol–water partition coefficient (Wildman–Crippen LogP) is 2.99. The molecule has 0 aliphatic carbocycles. The van der Waals surface area contributed by atoms with Crippen molar-refractivity contribution in [1.82, 2.24) is 0 Å². The number of methoxy groups -OCH3 is 1. The molecule has 15 heavy (non-hydrogen) atoms. The Bertz CT molecular complexity index is 306. The van der Waals surface area contributed by atoms with Gasteiger partial charge < -0.3 is 4.74 Å². The molecule has 0 N–H and O–H groups in total. The van der Waals surface area contributed by atoms with E-state index in [1.165, 1.54) is 6.42 Å². The van der Waals surface area contributed by atoms with Crippen LogP contribution in [0.5, 0.6) is 5.75 Å². The van der Waals surface area contributed by atoms with Gasteiger partial charge in [-0.3, -0.25) is 4.21 Å². The lowest BCUT2D eigenvalue weighted by molar-refractivity contribution is 0.414. The van der Waals surface area contributed by atoms with Crippen LogP contribution in [0.2, 0.25) is 0 Å². The minimum Gasteiger partial charge on any atom is -0.497 e. The number of rotatable bonds is 6. The highest BCUT2D eigenvalue weighted by atomic mass is 32.2. The van der Waals surface area contributed by atoms with Gasteiger partial charge in [-0.1, -0.05) is 19.8 Å². The third-order valence-electron chi connectivity index (χ3n) is 2.26. The number of unbranched alkanes of at least 4 members (excludes halogenated alkanes) is 2. The van der Waals surface area contributed by atoms with E-state index in [2.05, 4.69) is 6.92 Å². The van der Waals surface area contributed by atoms with E-state index in [0.29, 0.717) is 0 Å². The fourth-order valence-electron chi connectivity index (χ4n) is 1.33. The van der Waals surface area contributed by atoms with Crippen LogP contribution >= 0.6 is 0 Å². The quantitative estimate of drug-likeness (QED) is 0.697. The summed E-state index contributed by atoms with van der Waals surface area (Å²) in [6.07, 6.45) is 3.36. The Hall–Kier alpha value is -0.830. The van der Waals surface area contributed by atoms with Crippen molar-refractivity contribution in [1.29, 1.82) is 0 Å². The van der Waals surface area contributed by atoms with E-state index in [1.807, 2.05) is 24.3 Å². The standard InChI is InChI=1S/C12H18O2S/c1-3-4-5-10-15(13)12-8-6-11(14-2)7-9-12/h6-9H,3-5,10H2,1-2H3/t15-/m0/s1. The third-order valence-corrected chi connectivity index (χ3v) is 3.71. The summed E-state index contributed by atoms with van der Waals surface area (Å²) in [5, 5.41) is 0. The SMILES string of the molecule is CCCCC[S@](=O)c1ccc(OC)cc1. The van der Waals surface area contributed by atoms with E-state index in [1.54, 1.807) is 7.11 Å². The molecule has 84 valence electrons. The number of hydrogen-bond donors (Lipinski definition) is 0. The predicted molar refractivity (Wildman–Crippen MR) is 63.8 cm³/mol. The molecule has 0 saturated carbocycles. The van der Waals surface area contributed by atoms with Gasteiger partial charge in [-0.15, -0.1) is 0 Å². The summed E-state index contributed by atoms with van der Waals surface area (Å²) in [5.74, 6) is 1.57. The molecule has 1 aromatic carbocycles. The molecule has 0 saturated heterocycles. The highest BCUT2D eigenvalue weighted by Crippen LogP contribution is 2.15. The van der Waals surface area contributed by atoms with Crippen LogP contribution in [0.1, 0.15) is 26.2 Å². The van der Waals surface area contributed by atoms with Gasteiger partial charge in [-0.2, -0.15) is 0 Å². The minimum atomic E-state index is -0.851. The first-order valence-electron chi connectivity index (χ1n) is 5.30. The van der Waals surface area contributed by atoms with E-state index < -0.39 is 10.8 Å². The second-order valence-electron chi connectivity index (χ2n) is 3.43. The average Bonchev–Trinajstić information content (AvgIpc) is 2.29. The van der Waals surface area contributed by atoms with Crippen LogP contribution in [0.25, 0.3) is 0 Å². The molecule has 0 heterocycles. The summed E-state index contributed by atoms with van der Waals surface area (Å²) in [5.41, 5.74) is 0. The minimum absolute atomic E-state index is 0.764. The van der Waals surface area contributed by atoms with Gasteiger partial charge in [-0.05, 0) is 30.7 Å². The molecule has 0 bridgehead atoms. The summed E-state index contributed by atoms with van der Waals surface area (Å²) in [7, 11) is 0.781. The molecule has 2 nitrogen and oxygen atoms in total. The topological polar surface area (TPSA) is 26.3 Å². The van der Waals surface area contributed by atoms with Crippen LogP contribution in [-0.4, -0.2) is 17.1 Å². The van der Waals surface area contributed by atoms with E-state index in [-0.39, 0.29) is 0 Å². The van der Waals surface area contributed by atoms with Crippen LogP contribution in [0.4, 0.5) is 0 Å². The summed E-state index contributed by atoms with van der Waals surface area (Å²) in [6.45, 7) is 2.15. The van der Waals surface area contributed by atoms with Crippen LogP contribution in [-0.2, 0) is 10.8 Å². The molecule has 0 aliphatic heterocycles. The zero-order valence-electron chi connectivity index (χ0n) is 9.36. The smallest absolute Gasteiger partial charge is 0.118 e. The van der Waals surface area contributed by atoms with Gasteiger partial charge in [0.1, 0.15) is 5.75 Å². The molecule has 0 unspecified atom stereocenters. The van der Waals surface area contributed by atoms with Gasteiger partial charge in [-0.25, -0.2) is 0 Å².